The fourth-order valence-corrected chi connectivity index (χ4v) is 2.23. The Kier molecular flexibility index (Phi) is 5.14. The topological polar surface area (TPSA) is 101 Å². The van der Waals surface area contributed by atoms with Gasteiger partial charge in [0.2, 0.25) is 5.91 Å². The number of likely N-dealkylation sites (tertiary alicyclic amines) is 1. The Hall–Kier alpha value is -1.86. The first-order valence-corrected chi connectivity index (χ1v) is 6.71. The lowest BCUT2D eigenvalue weighted by molar-refractivity contribution is -0.121. The molecule has 2 rings (SSSR count). The van der Waals surface area contributed by atoms with Crippen LogP contribution in [0.2, 0.25) is 0 Å². The highest BCUT2D eigenvalue weighted by Gasteiger charge is 2.19. The van der Waals surface area contributed by atoms with Gasteiger partial charge in [-0.15, -0.1) is 0 Å². The molecule has 1 saturated heterocycles. The van der Waals surface area contributed by atoms with Crippen molar-refractivity contribution in [2.45, 2.75) is 25.4 Å². The van der Waals surface area contributed by atoms with Gasteiger partial charge in [0.1, 0.15) is 5.76 Å². The zero-order valence-electron chi connectivity index (χ0n) is 11.3. The second-order valence-electron chi connectivity index (χ2n) is 4.95. The van der Waals surface area contributed by atoms with Gasteiger partial charge in [-0.3, -0.25) is 15.0 Å². The third-order valence-electron chi connectivity index (χ3n) is 3.17. The Labute approximate surface area is 117 Å². The predicted molar refractivity (Wildman–Crippen MR) is 72.7 cm³/mol. The maximum absolute atomic E-state index is 11.7. The summed E-state index contributed by atoms with van der Waals surface area (Å²) in [5, 5.41) is 4.85. The van der Waals surface area contributed by atoms with Gasteiger partial charge in [0.25, 0.3) is 0 Å². The molecule has 110 valence electrons. The van der Waals surface area contributed by atoms with Crippen molar-refractivity contribution in [2.24, 2.45) is 5.73 Å². The largest absolute Gasteiger partial charge is 0.467 e. The van der Waals surface area contributed by atoms with Crippen LogP contribution >= 0.6 is 0 Å². The number of urea groups is 1. The van der Waals surface area contributed by atoms with Gasteiger partial charge in [0.15, 0.2) is 0 Å². The van der Waals surface area contributed by atoms with E-state index in [1.54, 1.807) is 12.1 Å². The molecule has 1 atom stereocenters. The minimum absolute atomic E-state index is 0.115. The van der Waals surface area contributed by atoms with Crippen LogP contribution in [0.1, 0.15) is 18.6 Å². The average Bonchev–Trinajstić information content (AvgIpc) is 2.89. The summed E-state index contributed by atoms with van der Waals surface area (Å²) in [6.45, 7) is 1.99. The molecule has 1 aromatic rings. The molecule has 7 heteroatoms. The molecular formula is C13H20N4O3. The number of imide groups is 1. The van der Waals surface area contributed by atoms with Gasteiger partial charge in [-0.05, 0) is 31.5 Å². The fraction of sp³-hybridized carbons (Fsp3) is 0.538. The van der Waals surface area contributed by atoms with E-state index in [9.17, 15) is 9.59 Å². The number of nitrogens with zero attached hydrogens (tertiary/aromatic N) is 1. The molecule has 0 radical (unpaired) electrons. The van der Waals surface area contributed by atoms with E-state index in [1.807, 2.05) is 4.90 Å². The Morgan fingerprint density at radius 3 is 3.05 bits per heavy atom. The highest BCUT2D eigenvalue weighted by atomic mass is 16.3. The van der Waals surface area contributed by atoms with E-state index in [0.29, 0.717) is 12.3 Å². The van der Waals surface area contributed by atoms with Gasteiger partial charge >= 0.3 is 6.03 Å². The van der Waals surface area contributed by atoms with Crippen LogP contribution in [-0.4, -0.2) is 42.5 Å². The van der Waals surface area contributed by atoms with Crippen LogP contribution in [0.15, 0.2) is 22.8 Å². The summed E-state index contributed by atoms with van der Waals surface area (Å²) in [4.78, 5) is 25.2. The summed E-state index contributed by atoms with van der Waals surface area (Å²) >= 11 is 0. The lowest BCUT2D eigenvalue weighted by atomic mass is 10.1. The number of hydrogen-bond acceptors (Lipinski definition) is 5. The van der Waals surface area contributed by atoms with Crippen LogP contribution in [0.5, 0.6) is 0 Å². The fourth-order valence-electron chi connectivity index (χ4n) is 2.23. The molecule has 1 fully saturated rings. The molecule has 20 heavy (non-hydrogen) atoms. The van der Waals surface area contributed by atoms with Gasteiger partial charge in [0.05, 0.1) is 19.4 Å². The van der Waals surface area contributed by atoms with E-state index in [4.69, 9.17) is 10.2 Å². The molecule has 1 aliphatic rings. The van der Waals surface area contributed by atoms with Crippen LogP contribution in [0.25, 0.3) is 0 Å². The number of rotatable bonds is 4. The average molecular weight is 280 g/mol. The number of nitrogens with two attached hydrogens (primary N) is 1. The minimum Gasteiger partial charge on any atom is -0.467 e. The molecule has 3 amide bonds. The molecule has 0 bridgehead atoms. The SMILES string of the molecule is N[C@@H]1CCCN(CC(=O)NC(=O)NCc2ccco2)C1. The van der Waals surface area contributed by atoms with Crippen molar-refractivity contribution >= 4 is 11.9 Å². The van der Waals surface area contributed by atoms with Crippen LogP contribution in [0.3, 0.4) is 0 Å². The van der Waals surface area contributed by atoms with Crippen LogP contribution in [-0.2, 0) is 11.3 Å². The van der Waals surface area contributed by atoms with E-state index >= 15 is 0 Å². The first-order valence-electron chi connectivity index (χ1n) is 6.71. The lowest BCUT2D eigenvalue weighted by Crippen LogP contribution is -2.49. The molecule has 2 heterocycles. The molecule has 0 spiro atoms. The van der Waals surface area contributed by atoms with Gasteiger partial charge in [-0.2, -0.15) is 0 Å². The number of amides is 3. The van der Waals surface area contributed by atoms with Gasteiger partial charge < -0.3 is 15.5 Å². The Morgan fingerprint density at radius 1 is 1.50 bits per heavy atom. The van der Waals surface area contributed by atoms with Crippen LogP contribution < -0.4 is 16.4 Å². The maximum atomic E-state index is 11.7. The van der Waals surface area contributed by atoms with E-state index in [1.165, 1.54) is 6.26 Å². The summed E-state index contributed by atoms with van der Waals surface area (Å²) in [5.74, 6) is 0.311. The second kappa shape index (κ2) is 7.06. The van der Waals surface area contributed by atoms with E-state index in [0.717, 1.165) is 19.4 Å². The Morgan fingerprint density at radius 2 is 2.35 bits per heavy atom. The molecule has 0 aromatic carbocycles. The predicted octanol–water partition coefficient (Wildman–Crippen LogP) is 0.0285. The Balaban J connectivity index is 1.67. The zero-order valence-corrected chi connectivity index (χ0v) is 11.3. The molecule has 0 aliphatic carbocycles. The van der Waals surface area contributed by atoms with Crippen molar-refractivity contribution in [2.75, 3.05) is 19.6 Å². The van der Waals surface area contributed by atoms with E-state index in [2.05, 4.69) is 10.6 Å². The van der Waals surface area contributed by atoms with Crippen molar-refractivity contribution in [1.29, 1.82) is 0 Å². The quantitative estimate of drug-likeness (QED) is 0.722. The van der Waals surface area contributed by atoms with Crippen molar-refractivity contribution in [1.82, 2.24) is 15.5 Å². The number of hydrogen-bond donors (Lipinski definition) is 3. The normalized spacial score (nSPS) is 19.6. The van der Waals surface area contributed by atoms with Gasteiger partial charge in [-0.25, -0.2) is 4.79 Å². The van der Waals surface area contributed by atoms with Crippen molar-refractivity contribution in [3.05, 3.63) is 24.2 Å². The number of carbonyl (C=O) groups excluding carboxylic acids is 2. The van der Waals surface area contributed by atoms with Crippen molar-refractivity contribution < 1.29 is 14.0 Å². The number of carbonyl (C=O) groups is 2. The summed E-state index contributed by atoms with van der Waals surface area (Å²) < 4.78 is 5.07. The van der Waals surface area contributed by atoms with E-state index in [-0.39, 0.29) is 25.0 Å². The Bertz CT molecular complexity index is 446. The van der Waals surface area contributed by atoms with Crippen molar-refractivity contribution in [3.63, 3.8) is 0 Å². The number of nitrogens with one attached hydrogen (secondary N) is 2. The number of piperidine rings is 1. The van der Waals surface area contributed by atoms with Gasteiger partial charge in [-0.1, -0.05) is 0 Å². The molecule has 7 nitrogen and oxygen atoms in total. The third-order valence-corrected chi connectivity index (χ3v) is 3.17. The second-order valence-corrected chi connectivity index (χ2v) is 4.95. The molecule has 0 saturated carbocycles. The minimum atomic E-state index is -0.521. The summed E-state index contributed by atoms with van der Waals surface area (Å²) in [7, 11) is 0. The number of furan rings is 1. The maximum Gasteiger partial charge on any atom is 0.321 e. The van der Waals surface area contributed by atoms with Crippen molar-refractivity contribution in [3.8, 4) is 0 Å². The third kappa shape index (κ3) is 4.67. The molecule has 1 aromatic heterocycles. The standard InChI is InChI=1S/C13H20N4O3/c14-10-3-1-5-17(8-10)9-12(18)16-13(19)15-7-11-4-2-6-20-11/h2,4,6,10H,1,3,5,7-9,14H2,(H2,15,16,18,19)/t10-/m1/s1. The molecule has 0 unspecified atom stereocenters. The lowest BCUT2D eigenvalue weighted by Gasteiger charge is -2.29. The highest BCUT2D eigenvalue weighted by Crippen LogP contribution is 2.07. The van der Waals surface area contributed by atoms with Crippen LogP contribution in [0.4, 0.5) is 4.79 Å². The van der Waals surface area contributed by atoms with E-state index < -0.39 is 6.03 Å². The van der Waals surface area contributed by atoms with Gasteiger partial charge in [0, 0.05) is 12.6 Å². The smallest absolute Gasteiger partial charge is 0.321 e. The first kappa shape index (κ1) is 14.5. The zero-order chi connectivity index (χ0) is 14.4. The monoisotopic (exact) mass is 280 g/mol. The molecule has 1 aliphatic heterocycles. The summed E-state index contributed by atoms with van der Waals surface area (Å²) in [5.41, 5.74) is 5.84. The highest BCUT2D eigenvalue weighted by molar-refractivity contribution is 5.95. The van der Waals surface area contributed by atoms with Crippen LogP contribution in [0, 0.1) is 0 Å². The molecular weight excluding hydrogens is 260 g/mol. The first-order chi connectivity index (χ1) is 9.63. The molecule has 4 N–H and O–H groups in total. The summed E-state index contributed by atoms with van der Waals surface area (Å²) in [6, 6.07) is 3.08. The summed E-state index contributed by atoms with van der Waals surface area (Å²) in [6.07, 6.45) is 3.50.